The number of carbonyl (C=O) groups excluding carboxylic acids is 1. The topological polar surface area (TPSA) is 104 Å². The van der Waals surface area contributed by atoms with E-state index in [9.17, 15) is 18.8 Å². The molecule has 35 heavy (non-hydrogen) atoms. The van der Waals surface area contributed by atoms with E-state index in [0.717, 1.165) is 42.6 Å². The van der Waals surface area contributed by atoms with Crippen LogP contribution in [0.25, 0.3) is 22.2 Å². The van der Waals surface area contributed by atoms with Gasteiger partial charge in [0.05, 0.1) is 16.6 Å². The lowest BCUT2D eigenvalue weighted by molar-refractivity contribution is -0.130. The number of unbranched alkanes of at least 4 members (excludes halogenated alkanes) is 2. The summed E-state index contributed by atoms with van der Waals surface area (Å²) < 4.78 is 14.8. The zero-order valence-corrected chi connectivity index (χ0v) is 19.6. The van der Waals surface area contributed by atoms with E-state index in [1.54, 1.807) is 42.3 Å². The Morgan fingerprint density at radius 2 is 1.89 bits per heavy atom. The molecule has 0 radical (unpaired) electrons. The molecule has 2 aromatic carbocycles. The molecule has 2 N–H and O–H groups in total. The van der Waals surface area contributed by atoms with Crippen LogP contribution in [-0.4, -0.2) is 44.1 Å². The molecule has 4 rings (SSSR count). The van der Waals surface area contributed by atoms with Crippen molar-refractivity contribution in [3.63, 3.8) is 0 Å². The summed E-state index contributed by atoms with van der Waals surface area (Å²) >= 11 is 0. The van der Waals surface area contributed by atoms with Crippen LogP contribution < -0.4 is 11.2 Å². The lowest BCUT2D eigenvalue weighted by Crippen LogP contribution is -2.33. The summed E-state index contributed by atoms with van der Waals surface area (Å²) in [7, 11) is 1.76. The van der Waals surface area contributed by atoms with E-state index < -0.39 is 11.2 Å². The zero-order valence-electron chi connectivity index (χ0n) is 19.6. The molecule has 182 valence electrons. The second-order valence-electron chi connectivity index (χ2n) is 8.59. The van der Waals surface area contributed by atoms with Crippen LogP contribution in [0, 0.1) is 5.82 Å². The van der Waals surface area contributed by atoms with Crippen molar-refractivity contribution in [3.8, 4) is 11.3 Å². The number of rotatable bonds is 10. The van der Waals surface area contributed by atoms with Gasteiger partial charge in [-0.1, -0.05) is 30.7 Å². The molecular weight excluding hydrogens is 449 g/mol. The van der Waals surface area contributed by atoms with Gasteiger partial charge in [-0.05, 0) is 49.6 Å². The zero-order chi connectivity index (χ0) is 24.8. The maximum atomic E-state index is 13.4. The van der Waals surface area contributed by atoms with Gasteiger partial charge in [0.1, 0.15) is 5.82 Å². The third-order valence-electron chi connectivity index (χ3n) is 6.07. The third-order valence-corrected chi connectivity index (χ3v) is 6.07. The first-order chi connectivity index (χ1) is 16.9. The fraction of sp³-hybridized carbons (Fsp3) is 0.308. The Bertz CT molecular complexity index is 1440. The molecule has 8 nitrogen and oxygen atoms in total. The SMILES string of the molecule is CN(CCCCCc1cc(-c2cccc(F)c2)n[nH]1)C(=O)CCn1c(=O)[nH]c(=O)c2ccccc21. The molecule has 0 aliphatic rings. The van der Waals surface area contributed by atoms with Gasteiger partial charge >= 0.3 is 5.69 Å². The highest BCUT2D eigenvalue weighted by Gasteiger charge is 2.12. The second kappa shape index (κ2) is 10.9. The number of H-pyrrole nitrogens is 2. The Balaban J connectivity index is 1.21. The second-order valence-corrected chi connectivity index (χ2v) is 8.59. The molecule has 0 saturated heterocycles. The van der Waals surface area contributed by atoms with Crippen LogP contribution in [0.2, 0.25) is 0 Å². The monoisotopic (exact) mass is 477 g/mol. The molecule has 2 aromatic heterocycles. The number of hydrogen-bond donors (Lipinski definition) is 2. The van der Waals surface area contributed by atoms with Crippen molar-refractivity contribution in [2.45, 2.75) is 38.6 Å². The van der Waals surface area contributed by atoms with Crippen LogP contribution in [-0.2, 0) is 17.8 Å². The molecule has 0 spiro atoms. The molecular formula is C26H28FN5O3. The summed E-state index contributed by atoms with van der Waals surface area (Å²) in [5.74, 6) is -0.342. The number of aromatic nitrogens is 4. The quantitative estimate of drug-likeness (QED) is 0.341. The Labute approximate surface area is 201 Å². The Morgan fingerprint density at radius 3 is 2.71 bits per heavy atom. The van der Waals surface area contributed by atoms with Gasteiger partial charge in [0.25, 0.3) is 5.56 Å². The molecule has 9 heteroatoms. The van der Waals surface area contributed by atoms with Crippen LogP contribution in [0.5, 0.6) is 0 Å². The van der Waals surface area contributed by atoms with Gasteiger partial charge in [-0.2, -0.15) is 5.10 Å². The van der Waals surface area contributed by atoms with Gasteiger partial charge in [-0.25, -0.2) is 9.18 Å². The summed E-state index contributed by atoms with van der Waals surface area (Å²) in [5, 5.41) is 7.70. The summed E-state index contributed by atoms with van der Waals surface area (Å²) in [4.78, 5) is 40.8. The first-order valence-electron chi connectivity index (χ1n) is 11.7. The molecule has 2 heterocycles. The van der Waals surface area contributed by atoms with Gasteiger partial charge < -0.3 is 4.90 Å². The highest BCUT2D eigenvalue weighted by molar-refractivity contribution is 5.78. The summed E-state index contributed by atoms with van der Waals surface area (Å²) in [6.45, 7) is 0.824. The number of amides is 1. The van der Waals surface area contributed by atoms with Crippen molar-refractivity contribution in [1.29, 1.82) is 0 Å². The number of benzene rings is 2. The van der Waals surface area contributed by atoms with Gasteiger partial charge in [0.15, 0.2) is 0 Å². The molecule has 4 aromatic rings. The number of fused-ring (bicyclic) bond motifs is 1. The number of hydrogen-bond acceptors (Lipinski definition) is 4. The molecule has 0 fully saturated rings. The maximum absolute atomic E-state index is 13.4. The predicted molar refractivity (Wildman–Crippen MR) is 133 cm³/mol. The average Bonchev–Trinajstić information content (AvgIpc) is 3.32. The molecule has 1 amide bonds. The number of aryl methyl sites for hydroxylation is 2. The van der Waals surface area contributed by atoms with Crippen LogP contribution in [0.3, 0.4) is 0 Å². The van der Waals surface area contributed by atoms with Crippen molar-refractivity contribution in [2.75, 3.05) is 13.6 Å². The molecule has 0 aliphatic heterocycles. The fourth-order valence-electron chi connectivity index (χ4n) is 4.11. The van der Waals surface area contributed by atoms with Crippen molar-refractivity contribution in [3.05, 3.63) is 86.9 Å². The van der Waals surface area contributed by atoms with E-state index >= 15 is 0 Å². The Morgan fingerprint density at radius 1 is 1.06 bits per heavy atom. The number of para-hydroxylation sites is 1. The van der Waals surface area contributed by atoms with E-state index in [1.807, 2.05) is 12.1 Å². The van der Waals surface area contributed by atoms with E-state index in [2.05, 4.69) is 15.2 Å². The predicted octanol–water partition coefficient (Wildman–Crippen LogP) is 3.48. The third kappa shape index (κ3) is 5.92. The lowest BCUT2D eigenvalue weighted by atomic mass is 10.1. The van der Waals surface area contributed by atoms with Crippen molar-refractivity contribution < 1.29 is 9.18 Å². The lowest BCUT2D eigenvalue weighted by Gasteiger charge is -2.17. The molecule has 0 bridgehead atoms. The van der Waals surface area contributed by atoms with E-state index in [4.69, 9.17) is 0 Å². The Kier molecular flexibility index (Phi) is 7.54. The standard InChI is InChI=1S/C26H28FN5O3/c1-31(24(33)13-15-32-23-12-5-4-11-21(23)25(34)28-26(32)35)14-6-2-3-10-20-17-22(30-29-20)18-8-7-9-19(27)16-18/h4-5,7-9,11-12,16-17H,2-3,6,10,13-15H2,1H3,(H,29,30)(H,28,34,35). The van der Waals surface area contributed by atoms with Crippen molar-refractivity contribution in [2.24, 2.45) is 0 Å². The Hall–Kier alpha value is -4.01. The van der Waals surface area contributed by atoms with Crippen LogP contribution in [0.1, 0.15) is 31.4 Å². The highest BCUT2D eigenvalue weighted by Crippen LogP contribution is 2.19. The highest BCUT2D eigenvalue weighted by atomic mass is 19.1. The number of nitrogens with zero attached hydrogens (tertiary/aromatic N) is 3. The van der Waals surface area contributed by atoms with E-state index in [0.29, 0.717) is 17.4 Å². The number of aromatic amines is 2. The maximum Gasteiger partial charge on any atom is 0.328 e. The average molecular weight is 478 g/mol. The van der Waals surface area contributed by atoms with Gasteiger partial charge in [-0.3, -0.25) is 24.2 Å². The summed E-state index contributed by atoms with van der Waals surface area (Å²) in [5.41, 5.74) is 2.04. The van der Waals surface area contributed by atoms with E-state index in [1.165, 1.54) is 16.7 Å². The van der Waals surface area contributed by atoms with Gasteiger partial charge in [0.2, 0.25) is 5.91 Å². The molecule has 0 saturated carbocycles. The normalized spacial score (nSPS) is 11.1. The van der Waals surface area contributed by atoms with Crippen LogP contribution in [0.15, 0.2) is 64.2 Å². The number of carbonyl (C=O) groups is 1. The van der Waals surface area contributed by atoms with Crippen molar-refractivity contribution >= 4 is 16.8 Å². The first-order valence-corrected chi connectivity index (χ1v) is 11.7. The smallest absolute Gasteiger partial charge is 0.328 e. The largest absolute Gasteiger partial charge is 0.346 e. The number of nitrogens with one attached hydrogen (secondary N) is 2. The van der Waals surface area contributed by atoms with Gasteiger partial charge in [0, 0.05) is 37.8 Å². The summed E-state index contributed by atoms with van der Waals surface area (Å²) in [6.07, 6.45) is 3.72. The van der Waals surface area contributed by atoms with Crippen molar-refractivity contribution in [1.82, 2.24) is 24.6 Å². The van der Waals surface area contributed by atoms with Crippen LogP contribution in [0.4, 0.5) is 4.39 Å². The van der Waals surface area contributed by atoms with E-state index in [-0.39, 0.29) is 24.7 Å². The minimum absolute atomic E-state index is 0.0551. The first kappa shape index (κ1) is 24.1. The minimum Gasteiger partial charge on any atom is -0.346 e. The summed E-state index contributed by atoms with van der Waals surface area (Å²) in [6, 6.07) is 15.2. The molecule has 0 unspecified atom stereocenters. The van der Waals surface area contributed by atoms with Gasteiger partial charge in [-0.15, -0.1) is 0 Å². The molecule has 0 aliphatic carbocycles. The molecule has 0 atom stereocenters. The van der Waals surface area contributed by atoms with Crippen LogP contribution >= 0.6 is 0 Å². The number of halogens is 1. The fourth-order valence-corrected chi connectivity index (χ4v) is 4.11. The minimum atomic E-state index is -0.511.